The smallest absolute Gasteiger partial charge is 0.270 e. The molecule has 4 nitrogen and oxygen atoms in total. The van der Waals surface area contributed by atoms with Crippen LogP contribution in [0.1, 0.15) is 11.3 Å². The molecule has 20 heavy (non-hydrogen) atoms. The molecule has 0 spiro atoms. The average Bonchev–Trinajstić information content (AvgIpc) is 2.90. The molecule has 3 rings (SSSR count). The molecule has 1 heterocycles. The van der Waals surface area contributed by atoms with Crippen molar-refractivity contribution in [1.82, 2.24) is 5.27 Å². The van der Waals surface area contributed by atoms with E-state index in [-0.39, 0.29) is 0 Å². The molecule has 0 radical (unpaired) electrons. The number of hydrogen-bond donors (Lipinski definition) is 0. The maximum atomic E-state index is 11.9. The predicted molar refractivity (Wildman–Crippen MR) is 72.1 cm³/mol. The molecule has 0 atom stereocenters. The first-order valence-electron chi connectivity index (χ1n) is 6.16. The first-order chi connectivity index (χ1) is 9.77. The van der Waals surface area contributed by atoms with E-state index in [9.17, 15) is 5.11 Å². The standard InChI is InChI=1S/C16H12N2O2/c1-12(13-8-4-2-5-9-13)15-16(19)20-17-18(15)14-10-6-3-7-11-14/h2-11H,1H2. The van der Waals surface area contributed by atoms with Crippen molar-refractivity contribution < 1.29 is 14.3 Å². The monoisotopic (exact) mass is 264 g/mol. The normalized spacial score (nSPS) is 10.4. The van der Waals surface area contributed by atoms with Crippen molar-refractivity contribution in [3.8, 4) is 11.6 Å². The van der Waals surface area contributed by atoms with Crippen LogP contribution in [0.5, 0.6) is 5.95 Å². The van der Waals surface area contributed by atoms with Crippen LogP contribution >= 0.6 is 0 Å². The lowest BCUT2D eigenvalue weighted by molar-refractivity contribution is -0.672. The van der Waals surface area contributed by atoms with Gasteiger partial charge in [-0.25, -0.2) is 0 Å². The lowest BCUT2D eigenvalue weighted by Gasteiger charge is -2.02. The molecule has 0 saturated heterocycles. The van der Waals surface area contributed by atoms with Crippen LogP contribution in [-0.4, -0.2) is 5.27 Å². The van der Waals surface area contributed by atoms with Crippen LogP contribution in [-0.2, 0) is 0 Å². The molecule has 0 fully saturated rings. The highest BCUT2D eigenvalue weighted by atomic mass is 16.6. The highest BCUT2D eigenvalue weighted by Gasteiger charge is 2.23. The summed E-state index contributed by atoms with van der Waals surface area (Å²) in [5.41, 5.74) is 2.53. The fourth-order valence-corrected chi connectivity index (χ4v) is 2.02. The molecule has 0 aliphatic heterocycles. The lowest BCUT2D eigenvalue weighted by atomic mass is 10.0. The molecule has 0 unspecified atom stereocenters. The van der Waals surface area contributed by atoms with Crippen molar-refractivity contribution in [2.24, 2.45) is 0 Å². The lowest BCUT2D eigenvalue weighted by Crippen LogP contribution is -2.36. The Morgan fingerprint density at radius 1 is 1.00 bits per heavy atom. The first kappa shape index (κ1) is 12.2. The van der Waals surface area contributed by atoms with Gasteiger partial charge in [0.25, 0.3) is 5.69 Å². The van der Waals surface area contributed by atoms with Crippen LogP contribution in [0.4, 0.5) is 0 Å². The molecule has 4 heteroatoms. The maximum Gasteiger partial charge on any atom is 0.270 e. The molecule has 0 saturated carbocycles. The minimum absolute atomic E-state index is 0.336. The Hall–Kier alpha value is -2.88. The zero-order chi connectivity index (χ0) is 13.9. The fourth-order valence-electron chi connectivity index (χ4n) is 2.02. The zero-order valence-corrected chi connectivity index (χ0v) is 10.7. The van der Waals surface area contributed by atoms with Crippen molar-refractivity contribution in [1.29, 1.82) is 0 Å². The Balaban J connectivity index is 2.11. The van der Waals surface area contributed by atoms with E-state index in [4.69, 9.17) is 4.52 Å². The number of nitrogens with zero attached hydrogens (tertiary/aromatic N) is 2. The van der Waals surface area contributed by atoms with Crippen LogP contribution in [0.3, 0.4) is 0 Å². The number of para-hydroxylation sites is 1. The third-order valence-electron chi connectivity index (χ3n) is 3.02. The molecule has 98 valence electrons. The molecule has 0 bridgehead atoms. The summed E-state index contributed by atoms with van der Waals surface area (Å²) in [4.78, 5) is 0. The Morgan fingerprint density at radius 3 is 2.25 bits per heavy atom. The van der Waals surface area contributed by atoms with Crippen molar-refractivity contribution >= 4 is 5.57 Å². The molecule has 2 aromatic carbocycles. The molecule has 1 aromatic heterocycles. The van der Waals surface area contributed by atoms with E-state index in [1.165, 1.54) is 4.68 Å². The van der Waals surface area contributed by atoms with Gasteiger partial charge in [0.15, 0.2) is 5.95 Å². The molecule has 0 aliphatic carbocycles. The van der Waals surface area contributed by atoms with Gasteiger partial charge in [0.05, 0.1) is 10.8 Å². The number of aromatic nitrogens is 2. The Labute approximate surface area is 116 Å². The second-order valence-corrected chi connectivity index (χ2v) is 4.30. The van der Waals surface area contributed by atoms with Gasteiger partial charge >= 0.3 is 0 Å². The summed E-state index contributed by atoms with van der Waals surface area (Å²) in [6, 6.07) is 18.8. The van der Waals surface area contributed by atoms with Gasteiger partial charge in [-0.1, -0.05) is 55.1 Å². The third-order valence-corrected chi connectivity index (χ3v) is 3.02. The van der Waals surface area contributed by atoms with E-state index >= 15 is 0 Å². The maximum absolute atomic E-state index is 11.9. The Bertz CT molecular complexity index is 734. The molecular weight excluding hydrogens is 252 g/mol. The number of rotatable bonds is 3. The van der Waals surface area contributed by atoms with Gasteiger partial charge in [-0.3, -0.25) is 0 Å². The summed E-state index contributed by atoms with van der Waals surface area (Å²) in [6.45, 7) is 3.99. The summed E-state index contributed by atoms with van der Waals surface area (Å²) in [6.07, 6.45) is 0. The van der Waals surface area contributed by atoms with Gasteiger partial charge in [-0.2, -0.15) is 0 Å². The predicted octanol–water partition coefficient (Wildman–Crippen LogP) is 2.09. The van der Waals surface area contributed by atoms with Gasteiger partial charge < -0.3 is 9.63 Å². The van der Waals surface area contributed by atoms with E-state index in [2.05, 4.69) is 11.9 Å². The van der Waals surface area contributed by atoms with Crippen LogP contribution in [0.2, 0.25) is 0 Å². The second kappa shape index (κ2) is 5.01. The van der Waals surface area contributed by atoms with Gasteiger partial charge in [0, 0.05) is 12.1 Å². The summed E-state index contributed by atoms with van der Waals surface area (Å²) < 4.78 is 6.26. The third kappa shape index (κ3) is 2.07. The Morgan fingerprint density at radius 2 is 1.60 bits per heavy atom. The van der Waals surface area contributed by atoms with Crippen LogP contribution in [0.15, 0.2) is 71.8 Å². The average molecular weight is 264 g/mol. The van der Waals surface area contributed by atoms with Crippen molar-refractivity contribution in [2.75, 3.05) is 0 Å². The van der Waals surface area contributed by atoms with E-state index in [0.29, 0.717) is 11.3 Å². The summed E-state index contributed by atoms with van der Waals surface area (Å²) in [5, 5.41) is 15.7. The van der Waals surface area contributed by atoms with Gasteiger partial charge in [-0.15, -0.1) is 0 Å². The first-order valence-corrected chi connectivity index (χ1v) is 6.16. The SMILES string of the molecule is C=C(c1ccccc1)c1c([O-])on[n+]1-c1ccccc1. The van der Waals surface area contributed by atoms with E-state index in [1.807, 2.05) is 60.7 Å². The van der Waals surface area contributed by atoms with Crippen LogP contribution in [0.25, 0.3) is 11.3 Å². The Kier molecular flexibility index (Phi) is 3.05. The topological polar surface area (TPSA) is 53.0 Å². The fraction of sp³-hybridized carbons (Fsp3) is 0. The minimum atomic E-state index is -0.497. The van der Waals surface area contributed by atoms with Gasteiger partial charge in [0.1, 0.15) is 0 Å². The largest absolute Gasteiger partial charge is 0.539 e. The van der Waals surface area contributed by atoms with Crippen molar-refractivity contribution in [2.45, 2.75) is 0 Å². The van der Waals surface area contributed by atoms with E-state index in [0.717, 1.165) is 11.3 Å². The van der Waals surface area contributed by atoms with Gasteiger partial charge in [-0.05, 0) is 10.2 Å². The van der Waals surface area contributed by atoms with E-state index < -0.39 is 5.95 Å². The zero-order valence-electron chi connectivity index (χ0n) is 10.7. The van der Waals surface area contributed by atoms with Crippen LogP contribution in [0, 0.1) is 0 Å². The highest BCUT2D eigenvalue weighted by Crippen LogP contribution is 2.24. The van der Waals surface area contributed by atoms with Crippen molar-refractivity contribution in [3.05, 3.63) is 78.5 Å². The molecular formula is C16H12N2O2. The quantitative estimate of drug-likeness (QED) is 0.681. The molecule has 0 N–H and O–H groups in total. The molecule has 0 amide bonds. The van der Waals surface area contributed by atoms with Crippen LogP contribution < -0.4 is 9.79 Å². The van der Waals surface area contributed by atoms with Gasteiger partial charge in [0.2, 0.25) is 5.69 Å². The van der Waals surface area contributed by atoms with Crippen molar-refractivity contribution in [3.63, 3.8) is 0 Å². The van der Waals surface area contributed by atoms with E-state index in [1.54, 1.807) is 0 Å². The number of hydrogen-bond acceptors (Lipinski definition) is 3. The highest BCUT2D eigenvalue weighted by molar-refractivity contribution is 5.76. The molecule has 3 aromatic rings. The summed E-state index contributed by atoms with van der Waals surface area (Å²) in [5.74, 6) is -0.497. The minimum Gasteiger partial charge on any atom is -0.539 e. The summed E-state index contributed by atoms with van der Waals surface area (Å²) >= 11 is 0. The second-order valence-electron chi connectivity index (χ2n) is 4.30. The molecule has 0 aliphatic rings. The number of benzene rings is 2. The summed E-state index contributed by atoms with van der Waals surface area (Å²) in [7, 11) is 0.